The van der Waals surface area contributed by atoms with Crippen molar-refractivity contribution in [1.82, 2.24) is 4.90 Å². The van der Waals surface area contributed by atoms with E-state index in [9.17, 15) is 14.4 Å². The van der Waals surface area contributed by atoms with Gasteiger partial charge in [-0.2, -0.15) is 0 Å². The van der Waals surface area contributed by atoms with Crippen molar-refractivity contribution < 1.29 is 19.1 Å². The number of hydrogen-bond donors (Lipinski definition) is 1. The van der Waals surface area contributed by atoms with Crippen LogP contribution in [0.2, 0.25) is 5.02 Å². The van der Waals surface area contributed by atoms with E-state index in [0.717, 1.165) is 0 Å². The van der Waals surface area contributed by atoms with E-state index in [2.05, 4.69) is 15.0 Å². The predicted octanol–water partition coefficient (Wildman–Crippen LogP) is 3.72. The molecule has 2 aromatic rings. The summed E-state index contributed by atoms with van der Waals surface area (Å²) >= 11 is 7.06. The molecule has 1 fully saturated rings. The second-order valence-electron chi connectivity index (χ2n) is 6.19. The third-order valence-electron chi connectivity index (χ3n) is 4.19. The first-order chi connectivity index (χ1) is 13.9. The number of aliphatic imine (C=N–C) groups is 1. The van der Waals surface area contributed by atoms with E-state index in [-0.39, 0.29) is 18.2 Å². The molecule has 150 valence electrons. The van der Waals surface area contributed by atoms with Crippen LogP contribution in [0, 0.1) is 0 Å². The maximum atomic E-state index is 12.6. The zero-order valence-electron chi connectivity index (χ0n) is 15.7. The highest BCUT2D eigenvalue weighted by molar-refractivity contribution is 8.15. The van der Waals surface area contributed by atoms with Gasteiger partial charge in [-0.1, -0.05) is 23.4 Å². The average molecular weight is 432 g/mol. The number of anilines is 1. The normalized spacial score (nSPS) is 17.9. The summed E-state index contributed by atoms with van der Waals surface area (Å²) in [6, 6.07) is 13.2. The van der Waals surface area contributed by atoms with Gasteiger partial charge in [0.15, 0.2) is 5.17 Å². The largest absolute Gasteiger partial charge is 0.465 e. The van der Waals surface area contributed by atoms with Gasteiger partial charge in [-0.3, -0.25) is 14.5 Å². The van der Waals surface area contributed by atoms with Crippen molar-refractivity contribution in [2.24, 2.45) is 4.99 Å². The van der Waals surface area contributed by atoms with Crippen molar-refractivity contribution in [1.29, 1.82) is 0 Å². The van der Waals surface area contributed by atoms with Crippen LogP contribution in [0.5, 0.6) is 0 Å². The minimum absolute atomic E-state index is 0.0703. The van der Waals surface area contributed by atoms with Crippen LogP contribution in [0.25, 0.3) is 0 Å². The lowest BCUT2D eigenvalue weighted by Crippen LogP contribution is -2.43. The van der Waals surface area contributed by atoms with Crippen molar-refractivity contribution in [3.05, 3.63) is 59.1 Å². The van der Waals surface area contributed by atoms with Gasteiger partial charge in [0.1, 0.15) is 5.25 Å². The summed E-state index contributed by atoms with van der Waals surface area (Å²) in [7, 11) is 2.93. The summed E-state index contributed by atoms with van der Waals surface area (Å²) in [5.41, 5.74) is 1.55. The van der Waals surface area contributed by atoms with Crippen molar-refractivity contribution in [2.45, 2.75) is 11.7 Å². The summed E-state index contributed by atoms with van der Waals surface area (Å²) in [6.07, 6.45) is 0.0703. The SMILES string of the molecule is COC(=O)c1ccc(N=C2SC(C(=O)Nc3ccc(Cl)cc3)CC(=O)N2C)cc1. The fraction of sp³-hybridized carbons (Fsp3) is 0.200. The molecular formula is C20H18ClN3O4S. The molecule has 1 aliphatic heterocycles. The number of esters is 1. The summed E-state index contributed by atoms with van der Waals surface area (Å²) in [5, 5.41) is 3.16. The molecule has 1 heterocycles. The Morgan fingerprint density at radius 3 is 2.45 bits per heavy atom. The first-order valence-corrected chi connectivity index (χ1v) is 9.90. The van der Waals surface area contributed by atoms with Crippen LogP contribution in [0.3, 0.4) is 0 Å². The van der Waals surface area contributed by atoms with Crippen molar-refractivity contribution in [2.75, 3.05) is 19.5 Å². The second-order valence-corrected chi connectivity index (χ2v) is 7.80. The van der Waals surface area contributed by atoms with E-state index in [4.69, 9.17) is 11.6 Å². The van der Waals surface area contributed by atoms with Gasteiger partial charge in [-0.05, 0) is 48.5 Å². The number of carbonyl (C=O) groups excluding carboxylic acids is 3. The van der Waals surface area contributed by atoms with Gasteiger partial charge in [-0.25, -0.2) is 9.79 Å². The van der Waals surface area contributed by atoms with Crippen molar-refractivity contribution in [3.8, 4) is 0 Å². The van der Waals surface area contributed by atoms with Crippen molar-refractivity contribution in [3.63, 3.8) is 0 Å². The third kappa shape index (κ3) is 5.16. The molecule has 2 amide bonds. The third-order valence-corrected chi connectivity index (χ3v) is 5.68. The van der Waals surface area contributed by atoms with Gasteiger partial charge in [0.05, 0.1) is 18.4 Å². The highest BCUT2D eigenvalue weighted by Crippen LogP contribution is 2.29. The minimum atomic E-state index is -0.609. The fourth-order valence-corrected chi connectivity index (χ4v) is 3.74. The molecule has 0 radical (unpaired) electrons. The number of amidine groups is 1. The Morgan fingerprint density at radius 1 is 1.17 bits per heavy atom. The van der Waals surface area contributed by atoms with E-state index in [1.807, 2.05) is 0 Å². The van der Waals surface area contributed by atoms with Gasteiger partial charge >= 0.3 is 5.97 Å². The number of thioether (sulfide) groups is 1. The van der Waals surface area contributed by atoms with E-state index < -0.39 is 11.2 Å². The highest BCUT2D eigenvalue weighted by Gasteiger charge is 2.34. The molecule has 0 aromatic heterocycles. The standard InChI is InChI=1S/C20H18ClN3O4S/c1-24-17(25)11-16(18(26)22-14-9-5-13(21)6-10-14)29-20(24)23-15-7-3-12(4-8-15)19(27)28-2/h3-10,16H,11H2,1-2H3,(H,22,26). The molecular weight excluding hydrogens is 414 g/mol. The summed E-state index contributed by atoms with van der Waals surface area (Å²) in [4.78, 5) is 42.4. The minimum Gasteiger partial charge on any atom is -0.465 e. The Hall–Kier alpha value is -2.84. The Kier molecular flexibility index (Phi) is 6.56. The first-order valence-electron chi connectivity index (χ1n) is 8.64. The topological polar surface area (TPSA) is 88.1 Å². The number of carbonyl (C=O) groups is 3. The molecule has 9 heteroatoms. The average Bonchev–Trinajstić information content (AvgIpc) is 2.72. The Labute approximate surface area is 177 Å². The molecule has 0 saturated carbocycles. The second kappa shape index (κ2) is 9.11. The van der Waals surface area contributed by atoms with Gasteiger partial charge in [0, 0.05) is 24.2 Å². The molecule has 1 saturated heterocycles. The van der Waals surface area contributed by atoms with Gasteiger partial charge in [0.25, 0.3) is 0 Å². The molecule has 1 N–H and O–H groups in total. The molecule has 1 unspecified atom stereocenters. The maximum Gasteiger partial charge on any atom is 0.337 e. The monoisotopic (exact) mass is 431 g/mol. The molecule has 0 bridgehead atoms. The summed E-state index contributed by atoms with van der Waals surface area (Å²) < 4.78 is 4.67. The number of methoxy groups -OCH3 is 1. The summed E-state index contributed by atoms with van der Waals surface area (Å²) in [5.74, 6) is -0.931. The van der Waals surface area contributed by atoms with Crippen LogP contribution in [0.1, 0.15) is 16.8 Å². The van der Waals surface area contributed by atoms with Gasteiger partial charge < -0.3 is 10.1 Å². The smallest absolute Gasteiger partial charge is 0.337 e. The van der Waals surface area contributed by atoms with E-state index in [1.165, 1.54) is 23.8 Å². The van der Waals surface area contributed by atoms with E-state index >= 15 is 0 Å². The Balaban J connectivity index is 1.75. The number of halogens is 1. The zero-order chi connectivity index (χ0) is 21.0. The maximum absolute atomic E-state index is 12.6. The van der Waals surface area contributed by atoms with Crippen molar-refractivity contribution >= 4 is 57.7 Å². The lowest BCUT2D eigenvalue weighted by atomic mass is 10.2. The lowest BCUT2D eigenvalue weighted by Gasteiger charge is -2.28. The number of nitrogens with zero attached hydrogens (tertiary/aromatic N) is 2. The number of benzene rings is 2. The number of rotatable bonds is 4. The van der Waals surface area contributed by atoms with Crippen LogP contribution >= 0.6 is 23.4 Å². The van der Waals surface area contributed by atoms with Crippen LogP contribution in [0.15, 0.2) is 53.5 Å². The lowest BCUT2D eigenvalue weighted by molar-refractivity contribution is -0.128. The molecule has 1 atom stereocenters. The molecule has 0 spiro atoms. The van der Waals surface area contributed by atoms with Gasteiger partial charge in [-0.15, -0.1) is 0 Å². The zero-order valence-corrected chi connectivity index (χ0v) is 17.3. The van der Waals surface area contributed by atoms with E-state index in [1.54, 1.807) is 55.6 Å². The molecule has 1 aliphatic rings. The predicted molar refractivity (Wildman–Crippen MR) is 114 cm³/mol. The quantitative estimate of drug-likeness (QED) is 0.745. The summed E-state index contributed by atoms with van der Waals surface area (Å²) in [6.45, 7) is 0. The number of hydrogen-bond acceptors (Lipinski definition) is 6. The molecule has 3 rings (SSSR count). The van der Waals surface area contributed by atoms with Crippen LogP contribution in [0.4, 0.5) is 11.4 Å². The molecule has 2 aromatic carbocycles. The molecule has 29 heavy (non-hydrogen) atoms. The van der Waals surface area contributed by atoms with E-state index in [0.29, 0.717) is 27.1 Å². The highest BCUT2D eigenvalue weighted by atomic mass is 35.5. The van der Waals surface area contributed by atoms with Crippen LogP contribution < -0.4 is 5.32 Å². The number of ether oxygens (including phenoxy) is 1. The molecule has 0 aliphatic carbocycles. The van der Waals surface area contributed by atoms with Crippen LogP contribution in [-0.2, 0) is 14.3 Å². The fourth-order valence-electron chi connectivity index (χ4n) is 2.55. The van der Waals surface area contributed by atoms with Gasteiger partial charge in [0.2, 0.25) is 11.8 Å². The number of amides is 2. The Bertz CT molecular complexity index is 961. The molecule has 7 nitrogen and oxygen atoms in total. The Morgan fingerprint density at radius 2 is 1.83 bits per heavy atom. The first kappa shape index (κ1) is 20.9. The number of nitrogens with one attached hydrogen (secondary N) is 1. The van der Waals surface area contributed by atoms with Crippen LogP contribution in [-0.4, -0.2) is 47.3 Å².